The molecule has 11 rings (SSSR count). The second-order valence-corrected chi connectivity index (χ2v) is 21.9. The second kappa shape index (κ2) is 27.3. The molecular formula is C62H66BClF4N10O8. The molecule has 0 unspecified atom stereocenters. The third-order valence-corrected chi connectivity index (χ3v) is 14.9. The molecule has 3 fully saturated rings. The van der Waals surface area contributed by atoms with Crippen LogP contribution in [0.25, 0.3) is 56.2 Å². The minimum Gasteiger partial charge on any atom is -0.452 e. The van der Waals surface area contributed by atoms with Crippen LogP contribution in [0.3, 0.4) is 0 Å². The van der Waals surface area contributed by atoms with Gasteiger partial charge >= 0.3 is 7.12 Å². The normalized spacial score (nSPS) is 15.4. The van der Waals surface area contributed by atoms with Gasteiger partial charge in [-0.25, -0.2) is 27.5 Å². The van der Waals surface area contributed by atoms with E-state index in [-0.39, 0.29) is 95.3 Å². The molecule has 2 aromatic carbocycles. The Labute approximate surface area is 501 Å². The van der Waals surface area contributed by atoms with Crippen molar-refractivity contribution in [2.24, 2.45) is 0 Å². The molecule has 0 aliphatic carbocycles. The number of nitrogens with one attached hydrogen (secondary N) is 2. The van der Waals surface area contributed by atoms with Crippen molar-refractivity contribution in [1.82, 2.24) is 29.7 Å². The van der Waals surface area contributed by atoms with Crippen LogP contribution in [0.2, 0.25) is 5.02 Å². The number of fused-ring (bicyclic) bond motifs is 2. The van der Waals surface area contributed by atoms with Crippen LogP contribution in [0.15, 0.2) is 94.3 Å². The summed E-state index contributed by atoms with van der Waals surface area (Å²) in [5.74, 6) is -2.80. The Bertz CT molecular complexity index is 3860. The number of rotatable bonds is 10. The van der Waals surface area contributed by atoms with Crippen molar-refractivity contribution in [2.45, 2.75) is 91.5 Å². The quantitative estimate of drug-likeness (QED) is 0.0958. The molecule has 18 nitrogen and oxygen atoms in total. The Hall–Kier alpha value is -8.45. The van der Waals surface area contributed by atoms with Crippen LogP contribution in [-0.4, -0.2) is 127 Å². The van der Waals surface area contributed by atoms with Crippen molar-refractivity contribution in [3.8, 4) is 46.2 Å². The summed E-state index contributed by atoms with van der Waals surface area (Å²) in [5, 5.41) is 25.9. The number of carbonyl (C=O) groups excluding carboxylic acids is 2. The van der Waals surface area contributed by atoms with Crippen LogP contribution in [0, 0.1) is 45.9 Å². The Kier molecular flexibility index (Phi) is 20.7. The van der Waals surface area contributed by atoms with Gasteiger partial charge in [0.25, 0.3) is 11.8 Å². The molecule has 3 aliphatic heterocycles. The van der Waals surface area contributed by atoms with Crippen molar-refractivity contribution in [3.05, 3.63) is 136 Å². The number of aromatic nitrogens is 4. The number of carbonyl (C=O) groups is 2. The van der Waals surface area contributed by atoms with Gasteiger partial charge in [0.05, 0.1) is 49.9 Å². The minimum atomic E-state index is -0.727. The lowest BCUT2D eigenvalue weighted by Crippen LogP contribution is -2.41. The molecule has 2 N–H and O–H groups in total. The molecule has 8 aromatic rings. The first-order valence-electron chi connectivity index (χ1n) is 26.8. The van der Waals surface area contributed by atoms with Gasteiger partial charge in [0, 0.05) is 109 Å². The molecule has 6 aromatic heterocycles. The van der Waals surface area contributed by atoms with E-state index in [1.54, 1.807) is 58.5 Å². The molecule has 0 bridgehead atoms. The molecule has 3 saturated heterocycles. The van der Waals surface area contributed by atoms with Gasteiger partial charge in [0.1, 0.15) is 46.2 Å². The molecule has 0 spiro atoms. The summed E-state index contributed by atoms with van der Waals surface area (Å²) in [6.45, 7) is 10.2. The van der Waals surface area contributed by atoms with Gasteiger partial charge in [-0.15, -0.1) is 0 Å². The summed E-state index contributed by atoms with van der Waals surface area (Å²) in [6.07, 6.45) is 8.68. The summed E-state index contributed by atoms with van der Waals surface area (Å²) in [7, 11) is 5.61. The lowest BCUT2D eigenvalue weighted by Gasteiger charge is -2.32. The van der Waals surface area contributed by atoms with Gasteiger partial charge in [-0.3, -0.25) is 19.6 Å². The fourth-order valence-corrected chi connectivity index (χ4v) is 9.55. The Morgan fingerprint density at radius 1 is 0.616 bits per heavy atom. The predicted octanol–water partition coefficient (Wildman–Crippen LogP) is 12.2. The second-order valence-electron chi connectivity index (χ2n) is 21.5. The predicted molar refractivity (Wildman–Crippen MR) is 321 cm³/mol. The Balaban J connectivity index is 0.000000190. The van der Waals surface area contributed by atoms with E-state index in [1.165, 1.54) is 52.8 Å². The summed E-state index contributed by atoms with van der Waals surface area (Å²) in [6, 6.07) is 18.8. The highest BCUT2D eigenvalue weighted by molar-refractivity contribution is 6.62. The summed E-state index contributed by atoms with van der Waals surface area (Å²) < 4.78 is 93.1. The van der Waals surface area contributed by atoms with Gasteiger partial charge in [0.2, 0.25) is 0 Å². The maximum Gasteiger partial charge on any atom is 0.494 e. The summed E-state index contributed by atoms with van der Waals surface area (Å²) in [4.78, 5) is 43.1. The number of hydrogen-bond acceptors (Lipinski definition) is 16. The number of pyridine rings is 4. The van der Waals surface area contributed by atoms with E-state index >= 15 is 4.39 Å². The Morgan fingerprint density at radius 3 is 1.51 bits per heavy atom. The SMILES string of the molecule is C.C.CC1(C)OB(c2cc(F)c(NC3CCOCC3)c(C#N)c2)OC1(C)C.CN(C)C(=O)c1cnc(-c2cc3nccc(-c4cc(F)c(NC5CCOCC5)c(C#N)c4)c3o2)c(F)c1.CN(C)C(=O)c1cnc(-c2cc3nccc(Cl)c3o2)c(F)c1. The smallest absolute Gasteiger partial charge is 0.452 e. The van der Waals surface area contributed by atoms with Crippen molar-refractivity contribution >= 4 is 69.6 Å². The van der Waals surface area contributed by atoms with Crippen molar-refractivity contribution < 1.29 is 54.8 Å². The first kappa shape index (κ1) is 65.1. The molecule has 86 heavy (non-hydrogen) atoms. The van der Waals surface area contributed by atoms with Crippen LogP contribution in [0.5, 0.6) is 0 Å². The van der Waals surface area contributed by atoms with Gasteiger partial charge in [0.15, 0.2) is 34.3 Å². The van der Waals surface area contributed by atoms with Gasteiger partial charge in [-0.1, -0.05) is 26.5 Å². The van der Waals surface area contributed by atoms with Crippen LogP contribution in [-0.2, 0) is 18.8 Å². The molecular weight excluding hydrogens is 1140 g/mol. The highest BCUT2D eigenvalue weighted by atomic mass is 35.5. The fourth-order valence-electron chi connectivity index (χ4n) is 9.36. The molecule has 9 heterocycles. The number of benzene rings is 2. The van der Waals surface area contributed by atoms with E-state index in [0.29, 0.717) is 70.2 Å². The lowest BCUT2D eigenvalue weighted by molar-refractivity contribution is 0.00578. The van der Waals surface area contributed by atoms with Crippen LogP contribution < -0.4 is 16.1 Å². The van der Waals surface area contributed by atoms with Crippen molar-refractivity contribution in [3.63, 3.8) is 0 Å². The lowest BCUT2D eigenvalue weighted by atomic mass is 9.78. The van der Waals surface area contributed by atoms with E-state index < -0.39 is 41.6 Å². The van der Waals surface area contributed by atoms with Crippen molar-refractivity contribution in [1.29, 1.82) is 10.5 Å². The van der Waals surface area contributed by atoms with Crippen molar-refractivity contribution in [2.75, 3.05) is 65.3 Å². The molecule has 0 radical (unpaired) electrons. The highest BCUT2D eigenvalue weighted by Gasteiger charge is 2.52. The highest BCUT2D eigenvalue weighted by Crippen LogP contribution is 2.39. The zero-order chi connectivity index (χ0) is 60.2. The number of amides is 2. The third-order valence-electron chi connectivity index (χ3n) is 14.7. The van der Waals surface area contributed by atoms with Crippen LogP contribution >= 0.6 is 11.6 Å². The molecule has 24 heteroatoms. The van der Waals surface area contributed by atoms with E-state index in [9.17, 15) is 33.3 Å². The van der Waals surface area contributed by atoms with E-state index in [2.05, 4.69) is 42.7 Å². The number of furan rings is 2. The van der Waals surface area contributed by atoms with Gasteiger partial charge < -0.3 is 48.1 Å². The molecule has 0 saturated carbocycles. The monoisotopic (exact) mass is 1200 g/mol. The first-order chi connectivity index (χ1) is 40.1. The maximum atomic E-state index is 15.2. The molecule has 450 valence electrons. The number of hydrogen-bond donors (Lipinski definition) is 2. The first-order valence-corrected chi connectivity index (χ1v) is 27.1. The largest absolute Gasteiger partial charge is 0.494 e. The minimum absolute atomic E-state index is 0. The number of halogens is 5. The molecule has 3 aliphatic rings. The van der Waals surface area contributed by atoms with E-state index in [0.717, 1.165) is 37.8 Å². The van der Waals surface area contributed by atoms with E-state index in [4.69, 9.17) is 39.2 Å². The molecule has 0 atom stereocenters. The summed E-state index contributed by atoms with van der Waals surface area (Å²) in [5.41, 5.74) is 2.99. The summed E-state index contributed by atoms with van der Waals surface area (Å²) >= 11 is 6.00. The average Bonchev–Trinajstić information content (AvgIpc) is 1.70. The number of ether oxygens (including phenoxy) is 2. The number of nitrogens with zero attached hydrogens (tertiary/aromatic N) is 8. The van der Waals surface area contributed by atoms with Gasteiger partial charge in [-0.05, 0) is 113 Å². The van der Waals surface area contributed by atoms with Gasteiger partial charge in [-0.2, -0.15) is 10.5 Å². The standard InChI is InChI=1S/C27H23F2N5O3.C18H24BFN2O3.C15H11ClFN3O2.2CH4/c1-34(2)27(35)17-11-21(29)25(32-14-17)23-12-22-26(37-23)19(3-6-31-22)15-9-16(13-30)24(20(28)10-15)33-18-4-7-36-8-5-18;1-17(2)18(3,4)25-19(24-17)13-9-12(11-21)16(15(20)10-13)22-14-5-7-23-8-6-14;1-20(2)15(21)8-5-10(17)13(19-7-8)12-6-11-14(22-12)9(16)3-4-18-11;;/h3,6,9-12,14,18,33H,4-5,7-8H2,1-2H3;9-10,14,22H,5-8H2,1-4H3;3-7H,1-2H3;2*1H4. The number of anilines is 2. The number of nitriles is 2. The van der Waals surface area contributed by atoms with E-state index in [1.807, 2.05) is 27.7 Å². The van der Waals surface area contributed by atoms with Crippen LogP contribution in [0.4, 0.5) is 28.9 Å². The topological polar surface area (TPSA) is 227 Å². The fraction of sp³-hybridized carbons (Fsp3) is 0.355. The maximum absolute atomic E-state index is 15.2. The zero-order valence-corrected chi connectivity index (χ0v) is 48.0. The third kappa shape index (κ3) is 14.1. The molecule has 2 amide bonds. The van der Waals surface area contributed by atoms with Crippen LogP contribution in [0.1, 0.15) is 100 Å². The zero-order valence-electron chi connectivity index (χ0n) is 47.2. The average molecular weight is 1200 g/mol. The Morgan fingerprint density at radius 2 is 1.06 bits per heavy atom.